The van der Waals surface area contributed by atoms with Gasteiger partial charge in [0.1, 0.15) is 23.0 Å². The number of carboxylic acids is 1. The van der Waals surface area contributed by atoms with Crippen molar-refractivity contribution in [1.82, 2.24) is 24.6 Å². The number of nitrogens with zero attached hydrogens (tertiary/aromatic N) is 5. The molecule has 0 aromatic carbocycles. The molecule has 13 heteroatoms. The number of amides is 1. The number of carboxylic acid groups (broad SMARTS) is 1. The number of alkyl halides is 3. The molecular formula is C19H19F3N6O4. The van der Waals surface area contributed by atoms with Crippen LogP contribution in [0.4, 0.5) is 19.0 Å². The lowest BCUT2D eigenvalue weighted by Crippen LogP contribution is -2.38. The Bertz CT molecular complexity index is 1080. The van der Waals surface area contributed by atoms with Crippen LogP contribution in [-0.2, 0) is 24.4 Å². The molecule has 32 heavy (non-hydrogen) atoms. The number of hydrogen-bond donors (Lipinski definition) is 2. The molecule has 0 spiro atoms. The summed E-state index contributed by atoms with van der Waals surface area (Å²) < 4.78 is 38.8. The van der Waals surface area contributed by atoms with Gasteiger partial charge in [-0.15, -0.1) is 0 Å². The second-order valence-corrected chi connectivity index (χ2v) is 6.74. The molecule has 4 rings (SSSR count). The van der Waals surface area contributed by atoms with Gasteiger partial charge in [0, 0.05) is 25.5 Å². The van der Waals surface area contributed by atoms with Gasteiger partial charge in [-0.05, 0) is 19.1 Å². The maximum Gasteiger partial charge on any atom is 0.490 e. The van der Waals surface area contributed by atoms with Crippen LogP contribution < -0.4 is 5.32 Å². The molecule has 170 valence electrons. The molecule has 0 saturated carbocycles. The van der Waals surface area contributed by atoms with E-state index in [2.05, 4.69) is 25.0 Å². The number of halogens is 3. The van der Waals surface area contributed by atoms with Gasteiger partial charge >= 0.3 is 12.1 Å². The maximum atomic E-state index is 12.6. The van der Waals surface area contributed by atoms with Gasteiger partial charge in [-0.3, -0.25) is 4.79 Å². The summed E-state index contributed by atoms with van der Waals surface area (Å²) in [7, 11) is 0. The predicted octanol–water partition coefficient (Wildman–Crippen LogP) is 2.48. The van der Waals surface area contributed by atoms with Gasteiger partial charge in [-0.2, -0.15) is 13.2 Å². The Morgan fingerprint density at radius 3 is 2.62 bits per heavy atom. The van der Waals surface area contributed by atoms with Crippen molar-refractivity contribution in [2.75, 3.05) is 11.9 Å². The molecule has 0 saturated heterocycles. The number of pyridine rings is 1. The molecule has 0 aliphatic carbocycles. The molecule has 0 fully saturated rings. The summed E-state index contributed by atoms with van der Waals surface area (Å²) in [6.07, 6.45) is 0.162. The first kappa shape index (κ1) is 22.8. The van der Waals surface area contributed by atoms with Crippen molar-refractivity contribution in [3.05, 3.63) is 59.6 Å². The van der Waals surface area contributed by atoms with Crippen LogP contribution in [0.25, 0.3) is 0 Å². The van der Waals surface area contributed by atoms with Gasteiger partial charge in [0.15, 0.2) is 0 Å². The Hall–Kier alpha value is -3.90. The quantitative estimate of drug-likeness (QED) is 0.618. The first-order chi connectivity index (χ1) is 15.1. The average Bonchev–Trinajstić information content (AvgIpc) is 3.37. The largest absolute Gasteiger partial charge is 0.490 e. The Labute approximate surface area is 179 Å². The highest BCUT2D eigenvalue weighted by molar-refractivity contribution is 5.94. The van der Waals surface area contributed by atoms with E-state index < -0.39 is 12.1 Å². The number of carbonyl (C=O) groups excluding carboxylic acids is 1. The van der Waals surface area contributed by atoms with Gasteiger partial charge in [0.25, 0.3) is 5.91 Å². The van der Waals surface area contributed by atoms with Crippen LogP contribution in [0, 0.1) is 6.92 Å². The molecule has 0 radical (unpaired) electrons. The molecule has 10 nitrogen and oxygen atoms in total. The molecule has 0 bridgehead atoms. The zero-order valence-corrected chi connectivity index (χ0v) is 16.8. The molecule has 0 unspecified atom stereocenters. The Balaban J connectivity index is 0.000000360. The van der Waals surface area contributed by atoms with Crippen LogP contribution in [0.3, 0.4) is 0 Å². The highest BCUT2D eigenvalue weighted by Gasteiger charge is 2.38. The van der Waals surface area contributed by atoms with Crippen molar-refractivity contribution in [2.45, 2.75) is 32.7 Å². The van der Waals surface area contributed by atoms with E-state index >= 15 is 0 Å². The summed E-state index contributed by atoms with van der Waals surface area (Å²) in [5.74, 6) is -0.590. The highest BCUT2D eigenvalue weighted by Crippen LogP contribution is 2.18. The number of anilines is 1. The molecule has 1 aliphatic rings. The van der Waals surface area contributed by atoms with Crippen molar-refractivity contribution in [1.29, 1.82) is 0 Å². The summed E-state index contributed by atoms with van der Waals surface area (Å²) in [4.78, 5) is 32.1. The minimum absolute atomic E-state index is 0.0684. The van der Waals surface area contributed by atoms with Crippen LogP contribution in [0.2, 0.25) is 0 Å². The van der Waals surface area contributed by atoms with E-state index in [4.69, 9.17) is 14.4 Å². The predicted molar refractivity (Wildman–Crippen MR) is 103 cm³/mol. The number of rotatable bonds is 4. The van der Waals surface area contributed by atoms with Crippen molar-refractivity contribution in [3.63, 3.8) is 0 Å². The van der Waals surface area contributed by atoms with Crippen LogP contribution in [-0.4, -0.2) is 54.3 Å². The fourth-order valence-electron chi connectivity index (χ4n) is 2.89. The third kappa shape index (κ3) is 5.62. The number of aryl methyl sites for hydroxylation is 1. The van der Waals surface area contributed by atoms with Crippen LogP contribution in [0.5, 0.6) is 0 Å². The summed E-state index contributed by atoms with van der Waals surface area (Å²) in [6.45, 7) is 4.18. The lowest BCUT2D eigenvalue weighted by molar-refractivity contribution is -0.192. The first-order valence-electron chi connectivity index (χ1n) is 9.35. The van der Waals surface area contributed by atoms with E-state index in [1.165, 1.54) is 6.20 Å². The molecule has 2 N–H and O–H groups in total. The molecule has 4 heterocycles. The van der Waals surface area contributed by atoms with Crippen LogP contribution in [0.1, 0.15) is 27.6 Å². The normalized spacial score (nSPS) is 13.1. The summed E-state index contributed by atoms with van der Waals surface area (Å²) >= 11 is 0. The highest BCUT2D eigenvalue weighted by atomic mass is 19.4. The van der Waals surface area contributed by atoms with E-state index in [1.807, 2.05) is 24.4 Å². The lowest BCUT2D eigenvalue weighted by Gasteiger charge is -2.27. The lowest BCUT2D eigenvalue weighted by atomic mass is 10.2. The number of hydrogen-bond acceptors (Lipinski definition) is 7. The van der Waals surface area contributed by atoms with E-state index in [0.29, 0.717) is 31.0 Å². The second kappa shape index (κ2) is 9.49. The van der Waals surface area contributed by atoms with Crippen molar-refractivity contribution in [2.24, 2.45) is 0 Å². The van der Waals surface area contributed by atoms with Crippen LogP contribution >= 0.6 is 0 Å². The zero-order chi connectivity index (χ0) is 23.3. The minimum atomic E-state index is -5.08. The number of aromatic nitrogens is 4. The first-order valence-corrected chi connectivity index (χ1v) is 9.35. The van der Waals surface area contributed by atoms with E-state index in [9.17, 15) is 18.0 Å². The smallest absolute Gasteiger partial charge is 0.475 e. The number of fused-ring (bicyclic) bond motifs is 1. The van der Waals surface area contributed by atoms with Crippen molar-refractivity contribution >= 4 is 17.7 Å². The van der Waals surface area contributed by atoms with Crippen LogP contribution in [0.15, 0.2) is 41.3 Å². The van der Waals surface area contributed by atoms with Gasteiger partial charge < -0.3 is 24.4 Å². The maximum absolute atomic E-state index is 12.6. The number of carbonyl (C=O) groups is 2. The fraction of sp³-hybridized carbons (Fsp3) is 0.316. The van der Waals surface area contributed by atoms with Crippen molar-refractivity contribution < 1.29 is 32.4 Å². The fourth-order valence-corrected chi connectivity index (χ4v) is 2.89. The number of imidazole rings is 1. The third-order valence-electron chi connectivity index (χ3n) is 4.48. The minimum Gasteiger partial charge on any atom is -0.475 e. The van der Waals surface area contributed by atoms with Gasteiger partial charge in [0.05, 0.1) is 25.0 Å². The third-order valence-corrected chi connectivity index (χ3v) is 4.48. The van der Waals surface area contributed by atoms with Gasteiger partial charge in [-0.1, -0.05) is 11.2 Å². The molecule has 1 amide bonds. The van der Waals surface area contributed by atoms with E-state index in [0.717, 1.165) is 23.9 Å². The standard InChI is InChI=1S/C17H18N6O2.C2HF3O2/c1-12-14(9-20-25-12)17(24)23-7-6-22-10-13(21-16(22)11-23)8-19-15-4-2-3-5-18-15;3-2(4,5)1(6)7/h2-5,9-10H,6-8,11H2,1H3,(H,18,19);(H,6,7). The second-order valence-electron chi connectivity index (χ2n) is 6.74. The van der Waals surface area contributed by atoms with Crippen molar-refractivity contribution in [3.8, 4) is 0 Å². The molecule has 1 aliphatic heterocycles. The van der Waals surface area contributed by atoms with Gasteiger partial charge in [-0.25, -0.2) is 14.8 Å². The Morgan fingerprint density at radius 1 is 1.28 bits per heavy atom. The van der Waals surface area contributed by atoms with E-state index in [1.54, 1.807) is 18.0 Å². The Morgan fingerprint density at radius 2 is 2.03 bits per heavy atom. The molecule has 0 atom stereocenters. The summed E-state index contributed by atoms with van der Waals surface area (Å²) in [6, 6.07) is 5.73. The summed E-state index contributed by atoms with van der Waals surface area (Å²) in [5.41, 5.74) is 1.44. The topological polar surface area (TPSA) is 126 Å². The molecule has 3 aromatic heterocycles. The summed E-state index contributed by atoms with van der Waals surface area (Å²) in [5, 5.41) is 14.1. The monoisotopic (exact) mass is 452 g/mol. The number of aliphatic carboxylic acids is 1. The number of nitrogens with one attached hydrogen (secondary N) is 1. The van der Waals surface area contributed by atoms with E-state index in [-0.39, 0.29) is 5.91 Å². The zero-order valence-electron chi connectivity index (χ0n) is 16.8. The average molecular weight is 452 g/mol. The Kier molecular flexibility index (Phi) is 6.76. The molecular weight excluding hydrogens is 433 g/mol. The van der Waals surface area contributed by atoms with Gasteiger partial charge in [0.2, 0.25) is 0 Å². The SMILES string of the molecule is Cc1oncc1C(=O)N1CCn2cc(CNc3ccccn3)nc2C1.O=C(O)C(F)(F)F. The molecule has 3 aromatic rings.